The summed E-state index contributed by atoms with van der Waals surface area (Å²) in [5, 5.41) is 5.86. The van der Waals surface area contributed by atoms with E-state index in [4.69, 9.17) is 6.42 Å². The first-order chi connectivity index (χ1) is 10.2. The molecule has 0 bridgehead atoms. The molecule has 0 spiro atoms. The Labute approximate surface area is 124 Å². The van der Waals surface area contributed by atoms with E-state index in [1.807, 2.05) is 48.1 Å². The molecular formula is C16H18N4O. The number of nitrogens with zero attached hydrogens (tertiary/aromatic N) is 2. The third-order valence-electron chi connectivity index (χ3n) is 3.07. The number of nitrogens with one attached hydrogen (secondary N) is 2. The van der Waals surface area contributed by atoms with Crippen LogP contribution in [0.5, 0.6) is 0 Å². The highest BCUT2D eigenvalue weighted by atomic mass is 16.2. The molecule has 0 fully saturated rings. The van der Waals surface area contributed by atoms with E-state index in [1.54, 1.807) is 6.20 Å². The van der Waals surface area contributed by atoms with Crippen molar-refractivity contribution in [3.63, 3.8) is 0 Å². The predicted octanol–water partition coefficient (Wildman–Crippen LogP) is 0.848. The van der Waals surface area contributed by atoms with Gasteiger partial charge in [-0.2, -0.15) is 0 Å². The standard InChI is InChI=1S/C16H18N4O/c1-3-9-17-12-14(21)19-15(13-7-5-4-6-8-13)16-18-10-11-20(16)2/h1,4-8,10-11,15,17H,9,12H2,2H3,(H,19,21). The molecule has 1 unspecified atom stereocenters. The van der Waals surface area contributed by atoms with E-state index in [0.29, 0.717) is 6.54 Å². The Hall–Kier alpha value is -2.58. The van der Waals surface area contributed by atoms with Crippen LogP contribution in [-0.2, 0) is 11.8 Å². The quantitative estimate of drug-likeness (QED) is 0.610. The monoisotopic (exact) mass is 282 g/mol. The maximum atomic E-state index is 12.0. The normalized spacial score (nSPS) is 11.6. The van der Waals surface area contributed by atoms with Crippen molar-refractivity contribution in [2.24, 2.45) is 7.05 Å². The Morgan fingerprint density at radius 1 is 1.43 bits per heavy atom. The van der Waals surface area contributed by atoms with Crippen LogP contribution in [0.15, 0.2) is 42.7 Å². The molecule has 108 valence electrons. The molecule has 0 aliphatic carbocycles. The van der Waals surface area contributed by atoms with Crippen molar-refractivity contribution in [2.75, 3.05) is 13.1 Å². The Kier molecular flexibility index (Phi) is 5.13. The summed E-state index contributed by atoms with van der Waals surface area (Å²) in [6, 6.07) is 9.46. The predicted molar refractivity (Wildman–Crippen MR) is 81.3 cm³/mol. The molecule has 0 radical (unpaired) electrons. The average Bonchev–Trinajstić information content (AvgIpc) is 2.92. The Morgan fingerprint density at radius 2 is 2.19 bits per heavy atom. The molecule has 5 nitrogen and oxygen atoms in total. The van der Waals surface area contributed by atoms with E-state index in [2.05, 4.69) is 21.5 Å². The summed E-state index contributed by atoms with van der Waals surface area (Å²) in [4.78, 5) is 16.4. The molecule has 1 heterocycles. The van der Waals surface area contributed by atoms with Gasteiger partial charge in [0.1, 0.15) is 11.9 Å². The third-order valence-corrected chi connectivity index (χ3v) is 3.07. The number of benzene rings is 1. The average molecular weight is 282 g/mol. The SMILES string of the molecule is C#CCNCC(=O)NC(c1ccccc1)c1nccn1C. The van der Waals surface area contributed by atoms with Crippen molar-refractivity contribution >= 4 is 5.91 Å². The first kappa shape index (κ1) is 14.8. The van der Waals surface area contributed by atoms with Crippen LogP contribution in [0.4, 0.5) is 0 Å². The van der Waals surface area contributed by atoms with Gasteiger partial charge in [0.25, 0.3) is 0 Å². The van der Waals surface area contributed by atoms with Crippen LogP contribution in [0.25, 0.3) is 0 Å². The summed E-state index contributed by atoms with van der Waals surface area (Å²) >= 11 is 0. The van der Waals surface area contributed by atoms with E-state index < -0.39 is 0 Å². The van der Waals surface area contributed by atoms with E-state index in [1.165, 1.54) is 0 Å². The largest absolute Gasteiger partial charge is 0.341 e. The maximum Gasteiger partial charge on any atom is 0.234 e. The highest BCUT2D eigenvalue weighted by Crippen LogP contribution is 2.19. The molecule has 1 amide bonds. The number of carbonyl (C=O) groups is 1. The van der Waals surface area contributed by atoms with Gasteiger partial charge in [-0.15, -0.1) is 6.42 Å². The van der Waals surface area contributed by atoms with Crippen LogP contribution in [-0.4, -0.2) is 28.5 Å². The highest BCUT2D eigenvalue weighted by molar-refractivity contribution is 5.78. The van der Waals surface area contributed by atoms with E-state index >= 15 is 0 Å². The van der Waals surface area contributed by atoms with Crippen LogP contribution >= 0.6 is 0 Å². The molecule has 0 aliphatic heterocycles. The number of carbonyl (C=O) groups excluding carboxylic acids is 1. The van der Waals surface area contributed by atoms with Gasteiger partial charge in [0.05, 0.1) is 13.1 Å². The van der Waals surface area contributed by atoms with Crippen molar-refractivity contribution in [2.45, 2.75) is 6.04 Å². The summed E-state index contributed by atoms with van der Waals surface area (Å²) in [6.45, 7) is 0.545. The van der Waals surface area contributed by atoms with Gasteiger partial charge < -0.3 is 9.88 Å². The van der Waals surface area contributed by atoms with Gasteiger partial charge >= 0.3 is 0 Å². The zero-order valence-corrected chi connectivity index (χ0v) is 11.9. The second kappa shape index (κ2) is 7.27. The lowest BCUT2D eigenvalue weighted by atomic mass is 10.1. The summed E-state index contributed by atoms with van der Waals surface area (Å²) in [5.41, 5.74) is 0.983. The minimum absolute atomic E-state index is 0.123. The number of amides is 1. The minimum Gasteiger partial charge on any atom is -0.341 e. The van der Waals surface area contributed by atoms with Gasteiger partial charge in [-0.3, -0.25) is 10.1 Å². The number of aromatic nitrogens is 2. The van der Waals surface area contributed by atoms with Crippen molar-refractivity contribution in [1.29, 1.82) is 0 Å². The summed E-state index contributed by atoms with van der Waals surface area (Å²) in [7, 11) is 1.90. The van der Waals surface area contributed by atoms with Crippen LogP contribution < -0.4 is 10.6 Å². The topological polar surface area (TPSA) is 59.0 Å². The number of aryl methyl sites for hydroxylation is 1. The lowest BCUT2D eigenvalue weighted by Crippen LogP contribution is -2.37. The number of rotatable bonds is 6. The summed E-state index contributed by atoms with van der Waals surface area (Å²) in [5.74, 6) is 3.10. The molecule has 2 rings (SSSR count). The first-order valence-electron chi connectivity index (χ1n) is 6.68. The van der Waals surface area contributed by atoms with Crippen LogP contribution in [0, 0.1) is 12.3 Å². The summed E-state index contributed by atoms with van der Waals surface area (Å²) < 4.78 is 1.90. The molecule has 1 aromatic heterocycles. The zero-order chi connectivity index (χ0) is 15.1. The number of terminal acetylenes is 1. The van der Waals surface area contributed by atoms with E-state index in [0.717, 1.165) is 11.4 Å². The van der Waals surface area contributed by atoms with Crippen LogP contribution in [0.3, 0.4) is 0 Å². The van der Waals surface area contributed by atoms with Gasteiger partial charge in [0, 0.05) is 19.4 Å². The summed E-state index contributed by atoms with van der Waals surface area (Å²) in [6.07, 6.45) is 8.72. The van der Waals surface area contributed by atoms with Crippen molar-refractivity contribution in [1.82, 2.24) is 20.2 Å². The molecule has 5 heteroatoms. The van der Waals surface area contributed by atoms with Crippen molar-refractivity contribution in [3.05, 3.63) is 54.1 Å². The van der Waals surface area contributed by atoms with E-state index in [-0.39, 0.29) is 18.5 Å². The molecular weight excluding hydrogens is 264 g/mol. The molecule has 2 N–H and O–H groups in total. The molecule has 0 aliphatic rings. The van der Waals surface area contributed by atoms with Crippen molar-refractivity contribution in [3.8, 4) is 12.3 Å². The van der Waals surface area contributed by atoms with Crippen LogP contribution in [0.2, 0.25) is 0 Å². The minimum atomic E-state index is -0.286. The van der Waals surface area contributed by atoms with Gasteiger partial charge in [-0.1, -0.05) is 36.3 Å². The fourth-order valence-electron chi connectivity index (χ4n) is 2.06. The van der Waals surface area contributed by atoms with Gasteiger partial charge in [-0.25, -0.2) is 4.98 Å². The van der Waals surface area contributed by atoms with Gasteiger partial charge in [0.2, 0.25) is 5.91 Å². The fraction of sp³-hybridized carbons (Fsp3) is 0.250. The molecule has 21 heavy (non-hydrogen) atoms. The molecule has 1 atom stereocenters. The Bertz CT molecular complexity index is 627. The molecule has 0 saturated carbocycles. The lowest BCUT2D eigenvalue weighted by Gasteiger charge is -2.19. The smallest absolute Gasteiger partial charge is 0.234 e. The number of imidazole rings is 1. The number of hydrogen-bond donors (Lipinski definition) is 2. The second-order valence-corrected chi connectivity index (χ2v) is 4.62. The van der Waals surface area contributed by atoms with E-state index in [9.17, 15) is 4.79 Å². The first-order valence-corrected chi connectivity index (χ1v) is 6.68. The molecule has 0 saturated heterocycles. The Balaban J connectivity index is 2.16. The maximum absolute atomic E-state index is 12.0. The van der Waals surface area contributed by atoms with Gasteiger partial charge in [-0.05, 0) is 5.56 Å². The second-order valence-electron chi connectivity index (χ2n) is 4.62. The number of hydrogen-bond acceptors (Lipinski definition) is 3. The fourth-order valence-corrected chi connectivity index (χ4v) is 2.06. The lowest BCUT2D eigenvalue weighted by molar-refractivity contribution is -0.120. The van der Waals surface area contributed by atoms with Crippen molar-refractivity contribution < 1.29 is 4.79 Å². The Morgan fingerprint density at radius 3 is 2.81 bits per heavy atom. The van der Waals surface area contributed by atoms with Crippen LogP contribution in [0.1, 0.15) is 17.4 Å². The van der Waals surface area contributed by atoms with Gasteiger partial charge in [0.15, 0.2) is 0 Å². The molecule has 1 aromatic carbocycles. The third kappa shape index (κ3) is 3.94. The molecule has 2 aromatic rings. The highest BCUT2D eigenvalue weighted by Gasteiger charge is 2.20. The zero-order valence-electron chi connectivity index (χ0n) is 11.9.